The molecule has 5 nitrogen and oxygen atoms in total. The molecule has 1 aliphatic rings. The molecule has 170 valence electrons. The van der Waals surface area contributed by atoms with Gasteiger partial charge in [-0.25, -0.2) is 13.5 Å². The van der Waals surface area contributed by atoms with Crippen LogP contribution in [-0.4, -0.2) is 20.9 Å². The Balaban J connectivity index is 1.49. The van der Waals surface area contributed by atoms with Crippen LogP contribution in [0.5, 0.6) is 0 Å². The normalized spacial score (nSPS) is 18.6. The molecular weight excluding hydrogens is 422 g/mol. The predicted octanol–water partition coefficient (Wildman–Crippen LogP) is 5.14. The molecule has 0 amide bonds. The van der Waals surface area contributed by atoms with Gasteiger partial charge in [0.25, 0.3) is 5.56 Å². The van der Waals surface area contributed by atoms with Gasteiger partial charge >= 0.3 is 0 Å². The maximum absolute atomic E-state index is 14.2. The minimum Gasteiger partial charge on any atom is -0.308 e. The standard InChI is InChI=1S/C26H26F2N4O/c27-20-11-9-17(10-12-20)15-29-16-19-14-23-24(18-5-4-6-21(28)13-18)31-32(25(23)30-26(19)33)22-7-2-1-3-8-22/h1-3,7-12,14,18,21,29H,4-6,13,15-16H2,(H,30,33). The number of benzene rings is 2. The smallest absolute Gasteiger partial charge is 0.254 e. The predicted molar refractivity (Wildman–Crippen MR) is 125 cm³/mol. The highest BCUT2D eigenvalue weighted by Crippen LogP contribution is 2.37. The summed E-state index contributed by atoms with van der Waals surface area (Å²) in [5.41, 5.74) is 3.65. The number of hydrogen-bond acceptors (Lipinski definition) is 3. The van der Waals surface area contributed by atoms with Crippen molar-refractivity contribution in [3.05, 3.63) is 93.7 Å². The zero-order valence-corrected chi connectivity index (χ0v) is 18.2. The summed E-state index contributed by atoms with van der Waals surface area (Å²) in [6, 6.07) is 17.8. The molecule has 2 atom stereocenters. The molecule has 0 bridgehead atoms. The van der Waals surface area contributed by atoms with E-state index in [9.17, 15) is 13.6 Å². The molecule has 7 heteroatoms. The number of nitrogens with zero attached hydrogens (tertiary/aromatic N) is 2. The topological polar surface area (TPSA) is 62.7 Å². The monoisotopic (exact) mass is 448 g/mol. The van der Waals surface area contributed by atoms with E-state index in [0.29, 0.717) is 37.1 Å². The van der Waals surface area contributed by atoms with Gasteiger partial charge in [0.15, 0.2) is 0 Å². The van der Waals surface area contributed by atoms with Crippen LogP contribution >= 0.6 is 0 Å². The number of pyridine rings is 1. The fourth-order valence-electron chi connectivity index (χ4n) is 4.65. The van der Waals surface area contributed by atoms with Crippen molar-refractivity contribution < 1.29 is 8.78 Å². The van der Waals surface area contributed by atoms with E-state index in [2.05, 4.69) is 10.3 Å². The number of aromatic amines is 1. The molecule has 0 radical (unpaired) electrons. The van der Waals surface area contributed by atoms with E-state index in [1.165, 1.54) is 12.1 Å². The number of aromatic nitrogens is 3. The molecule has 2 aromatic heterocycles. The van der Waals surface area contributed by atoms with Crippen molar-refractivity contribution in [2.75, 3.05) is 0 Å². The summed E-state index contributed by atoms with van der Waals surface area (Å²) in [7, 11) is 0. The summed E-state index contributed by atoms with van der Waals surface area (Å²) < 4.78 is 29.1. The lowest BCUT2D eigenvalue weighted by atomic mass is 9.85. The van der Waals surface area contributed by atoms with Gasteiger partial charge in [0.2, 0.25) is 0 Å². The molecule has 1 fully saturated rings. The maximum atomic E-state index is 14.2. The third-order valence-electron chi connectivity index (χ3n) is 6.35. The second-order valence-electron chi connectivity index (χ2n) is 8.71. The Morgan fingerprint density at radius 3 is 2.61 bits per heavy atom. The lowest BCUT2D eigenvalue weighted by molar-refractivity contribution is 0.230. The van der Waals surface area contributed by atoms with E-state index >= 15 is 0 Å². The minimum atomic E-state index is -0.819. The average molecular weight is 449 g/mol. The zero-order chi connectivity index (χ0) is 22.8. The number of alkyl halides is 1. The zero-order valence-electron chi connectivity index (χ0n) is 18.2. The first-order chi connectivity index (χ1) is 16.1. The van der Waals surface area contributed by atoms with Crippen molar-refractivity contribution in [1.29, 1.82) is 0 Å². The summed E-state index contributed by atoms with van der Waals surface area (Å²) in [6.45, 7) is 0.870. The van der Waals surface area contributed by atoms with E-state index in [0.717, 1.165) is 35.2 Å². The molecule has 33 heavy (non-hydrogen) atoms. The molecule has 1 aliphatic carbocycles. The maximum Gasteiger partial charge on any atom is 0.254 e. The van der Waals surface area contributed by atoms with Crippen LogP contribution in [0, 0.1) is 5.82 Å². The SMILES string of the molecule is O=c1[nH]c2c(cc1CNCc1ccc(F)cc1)c(C1CCCC(F)C1)nn2-c1ccccc1. The molecule has 2 unspecified atom stereocenters. The number of rotatable bonds is 6. The number of nitrogens with one attached hydrogen (secondary N) is 2. The Bertz CT molecular complexity index is 1300. The van der Waals surface area contributed by atoms with E-state index in [-0.39, 0.29) is 17.3 Å². The van der Waals surface area contributed by atoms with Crippen molar-refractivity contribution in [3.8, 4) is 5.69 Å². The van der Waals surface area contributed by atoms with E-state index in [1.807, 2.05) is 36.4 Å². The van der Waals surface area contributed by atoms with Crippen molar-refractivity contribution in [3.63, 3.8) is 0 Å². The molecule has 0 spiro atoms. The highest BCUT2D eigenvalue weighted by atomic mass is 19.1. The van der Waals surface area contributed by atoms with Crippen LogP contribution in [0.15, 0.2) is 65.5 Å². The molecule has 0 saturated heterocycles. The highest BCUT2D eigenvalue weighted by molar-refractivity contribution is 5.81. The lowest BCUT2D eigenvalue weighted by Crippen LogP contribution is -2.21. The number of H-pyrrole nitrogens is 1. The molecule has 5 rings (SSSR count). The second kappa shape index (κ2) is 9.27. The Morgan fingerprint density at radius 1 is 1.06 bits per heavy atom. The Kier molecular flexibility index (Phi) is 6.05. The largest absolute Gasteiger partial charge is 0.308 e. The van der Waals surface area contributed by atoms with Crippen LogP contribution in [0.1, 0.15) is 48.4 Å². The summed E-state index contributed by atoms with van der Waals surface area (Å²) in [4.78, 5) is 15.9. The van der Waals surface area contributed by atoms with Crippen molar-refractivity contribution in [2.45, 2.75) is 50.9 Å². The average Bonchev–Trinajstić information content (AvgIpc) is 3.19. The van der Waals surface area contributed by atoms with Crippen LogP contribution in [-0.2, 0) is 13.1 Å². The first-order valence-electron chi connectivity index (χ1n) is 11.4. The van der Waals surface area contributed by atoms with Crippen molar-refractivity contribution in [1.82, 2.24) is 20.1 Å². The van der Waals surface area contributed by atoms with Gasteiger partial charge in [0, 0.05) is 30.0 Å². The molecular formula is C26H26F2N4O. The third kappa shape index (κ3) is 4.59. The first-order valence-corrected chi connectivity index (χ1v) is 11.4. The number of halogens is 2. The van der Waals surface area contributed by atoms with Gasteiger partial charge in [0.05, 0.1) is 11.4 Å². The third-order valence-corrected chi connectivity index (χ3v) is 6.35. The van der Waals surface area contributed by atoms with Crippen molar-refractivity contribution in [2.24, 2.45) is 0 Å². The van der Waals surface area contributed by atoms with E-state index < -0.39 is 6.17 Å². The Hall–Kier alpha value is -3.32. The first kappa shape index (κ1) is 21.5. The summed E-state index contributed by atoms with van der Waals surface area (Å²) in [5, 5.41) is 8.98. The Labute approximate surface area is 190 Å². The van der Waals surface area contributed by atoms with E-state index in [4.69, 9.17) is 5.10 Å². The quantitative estimate of drug-likeness (QED) is 0.429. The Morgan fingerprint density at radius 2 is 1.85 bits per heavy atom. The van der Waals surface area contributed by atoms with Crippen LogP contribution < -0.4 is 10.9 Å². The molecule has 0 aliphatic heterocycles. The van der Waals surface area contributed by atoms with Gasteiger partial charge < -0.3 is 10.3 Å². The lowest BCUT2D eigenvalue weighted by Gasteiger charge is -2.23. The highest BCUT2D eigenvalue weighted by Gasteiger charge is 2.28. The molecule has 4 aromatic rings. The van der Waals surface area contributed by atoms with Gasteiger partial charge in [0.1, 0.15) is 17.6 Å². The van der Waals surface area contributed by atoms with Gasteiger partial charge in [-0.1, -0.05) is 30.3 Å². The van der Waals surface area contributed by atoms with Gasteiger partial charge in [-0.3, -0.25) is 4.79 Å². The van der Waals surface area contributed by atoms with Crippen LogP contribution in [0.2, 0.25) is 0 Å². The summed E-state index contributed by atoms with van der Waals surface area (Å²) in [6.07, 6.45) is 1.96. The minimum absolute atomic E-state index is 0.0205. The second-order valence-corrected chi connectivity index (χ2v) is 8.71. The van der Waals surface area contributed by atoms with Crippen LogP contribution in [0.25, 0.3) is 16.7 Å². The van der Waals surface area contributed by atoms with Crippen LogP contribution in [0.4, 0.5) is 8.78 Å². The molecule has 2 heterocycles. The molecule has 2 N–H and O–H groups in total. The fourth-order valence-corrected chi connectivity index (χ4v) is 4.65. The van der Waals surface area contributed by atoms with Crippen LogP contribution in [0.3, 0.4) is 0 Å². The fraction of sp³-hybridized carbons (Fsp3) is 0.308. The van der Waals surface area contributed by atoms with Crippen molar-refractivity contribution >= 4 is 11.0 Å². The van der Waals surface area contributed by atoms with Gasteiger partial charge in [-0.05, 0) is 61.6 Å². The summed E-state index contributed by atoms with van der Waals surface area (Å²) in [5.74, 6) is -0.256. The molecule has 2 aromatic carbocycles. The van der Waals surface area contributed by atoms with Gasteiger partial charge in [-0.2, -0.15) is 5.10 Å². The van der Waals surface area contributed by atoms with Gasteiger partial charge in [-0.15, -0.1) is 0 Å². The number of hydrogen-bond donors (Lipinski definition) is 2. The number of para-hydroxylation sites is 1. The number of fused-ring (bicyclic) bond motifs is 1. The summed E-state index contributed by atoms with van der Waals surface area (Å²) >= 11 is 0. The molecule has 1 saturated carbocycles. The van der Waals surface area contributed by atoms with E-state index in [1.54, 1.807) is 16.8 Å².